The summed E-state index contributed by atoms with van der Waals surface area (Å²) in [6.45, 7) is 0.0349. The number of halogens is 3. The molecule has 1 aliphatic rings. The normalized spacial score (nSPS) is 22.0. The minimum atomic E-state index is -4.46. The lowest BCUT2D eigenvalue weighted by atomic mass is 9.99. The Bertz CT molecular complexity index is 537. The number of nitriles is 1. The van der Waals surface area contributed by atoms with Gasteiger partial charge in [-0.25, -0.2) is 0 Å². The van der Waals surface area contributed by atoms with Crippen LogP contribution in [0, 0.1) is 17.2 Å². The monoisotopic (exact) mass is 298 g/mol. The predicted molar refractivity (Wildman–Crippen MR) is 72.6 cm³/mol. The number of hydrogen-bond acceptors (Lipinski definition) is 3. The summed E-state index contributed by atoms with van der Waals surface area (Å²) in [5, 5.41) is 20.8. The first-order valence-corrected chi connectivity index (χ1v) is 6.94. The molecule has 0 aromatic heterocycles. The number of aliphatic hydroxyl groups is 1. The van der Waals surface area contributed by atoms with Gasteiger partial charge >= 0.3 is 6.18 Å². The molecule has 0 amide bonds. The van der Waals surface area contributed by atoms with E-state index in [4.69, 9.17) is 10.4 Å². The second-order valence-corrected chi connectivity index (χ2v) is 5.32. The van der Waals surface area contributed by atoms with Crippen LogP contribution in [0.25, 0.3) is 0 Å². The summed E-state index contributed by atoms with van der Waals surface area (Å²) in [4.78, 5) is 0. The van der Waals surface area contributed by atoms with Gasteiger partial charge in [0.1, 0.15) is 0 Å². The highest BCUT2D eigenvalue weighted by Gasteiger charge is 2.35. The Labute approximate surface area is 121 Å². The van der Waals surface area contributed by atoms with Crippen molar-refractivity contribution in [3.63, 3.8) is 0 Å². The fourth-order valence-electron chi connectivity index (χ4n) is 2.92. The van der Waals surface area contributed by atoms with E-state index >= 15 is 0 Å². The number of benzene rings is 1. The Morgan fingerprint density at radius 3 is 2.71 bits per heavy atom. The zero-order valence-corrected chi connectivity index (χ0v) is 11.5. The molecule has 0 radical (unpaired) electrons. The smallest absolute Gasteiger partial charge is 0.396 e. The van der Waals surface area contributed by atoms with E-state index in [2.05, 4.69) is 5.32 Å². The van der Waals surface area contributed by atoms with Crippen LogP contribution in [0.4, 0.5) is 18.9 Å². The first-order chi connectivity index (χ1) is 9.95. The molecule has 2 N–H and O–H groups in total. The summed E-state index contributed by atoms with van der Waals surface area (Å²) in [6.07, 6.45) is -1.27. The molecule has 1 fully saturated rings. The van der Waals surface area contributed by atoms with Crippen LogP contribution in [0.3, 0.4) is 0 Å². The van der Waals surface area contributed by atoms with Crippen molar-refractivity contribution >= 4 is 5.69 Å². The summed E-state index contributed by atoms with van der Waals surface area (Å²) in [7, 11) is 0. The molecule has 0 bridgehead atoms. The third kappa shape index (κ3) is 3.67. The summed E-state index contributed by atoms with van der Waals surface area (Å²) in [5.41, 5.74) is -0.602. The maximum absolute atomic E-state index is 13.0. The molecule has 114 valence electrons. The maximum Gasteiger partial charge on any atom is 0.418 e. The van der Waals surface area contributed by atoms with Crippen molar-refractivity contribution in [3.05, 3.63) is 29.3 Å². The van der Waals surface area contributed by atoms with Crippen LogP contribution in [-0.4, -0.2) is 17.8 Å². The first-order valence-electron chi connectivity index (χ1n) is 6.94. The molecule has 1 aromatic carbocycles. The second kappa shape index (κ2) is 6.35. The van der Waals surface area contributed by atoms with Crippen LogP contribution in [0.2, 0.25) is 0 Å². The molecular formula is C15H17F3N2O. The van der Waals surface area contributed by atoms with E-state index in [0.29, 0.717) is 6.42 Å². The summed E-state index contributed by atoms with van der Waals surface area (Å²) in [6, 6.07) is 5.13. The third-order valence-corrected chi connectivity index (χ3v) is 3.95. The Hall–Kier alpha value is -1.74. The Morgan fingerprint density at radius 1 is 1.33 bits per heavy atom. The van der Waals surface area contributed by atoms with Gasteiger partial charge in [-0.2, -0.15) is 18.4 Å². The number of nitrogens with one attached hydrogen (secondary N) is 1. The van der Waals surface area contributed by atoms with Gasteiger partial charge in [0.05, 0.1) is 17.2 Å². The average Bonchev–Trinajstić information content (AvgIpc) is 2.85. The van der Waals surface area contributed by atoms with Gasteiger partial charge in [0.2, 0.25) is 0 Å². The molecule has 21 heavy (non-hydrogen) atoms. The predicted octanol–water partition coefficient (Wildman–Crippen LogP) is 3.54. The Morgan fingerprint density at radius 2 is 2.10 bits per heavy atom. The topological polar surface area (TPSA) is 56.0 Å². The maximum atomic E-state index is 13.0. The van der Waals surface area contributed by atoms with Crippen molar-refractivity contribution in [2.75, 3.05) is 11.9 Å². The molecular weight excluding hydrogens is 281 g/mol. The number of anilines is 1. The van der Waals surface area contributed by atoms with E-state index in [0.717, 1.165) is 25.3 Å². The highest BCUT2D eigenvalue weighted by molar-refractivity contribution is 5.57. The molecule has 2 unspecified atom stereocenters. The largest absolute Gasteiger partial charge is 0.418 e. The minimum absolute atomic E-state index is 0.0349. The minimum Gasteiger partial charge on any atom is -0.396 e. The molecule has 0 spiro atoms. The van der Waals surface area contributed by atoms with Crippen LogP contribution >= 0.6 is 0 Å². The van der Waals surface area contributed by atoms with Gasteiger partial charge in [-0.1, -0.05) is 6.42 Å². The van der Waals surface area contributed by atoms with Crippen molar-refractivity contribution in [3.8, 4) is 6.07 Å². The molecule has 2 atom stereocenters. The zero-order valence-electron chi connectivity index (χ0n) is 11.5. The van der Waals surface area contributed by atoms with E-state index in [-0.39, 0.29) is 29.8 Å². The average molecular weight is 298 g/mol. The molecule has 1 saturated carbocycles. The highest BCUT2D eigenvalue weighted by atomic mass is 19.4. The van der Waals surface area contributed by atoms with Crippen LogP contribution in [0.5, 0.6) is 0 Å². The van der Waals surface area contributed by atoms with Crippen molar-refractivity contribution in [1.82, 2.24) is 0 Å². The molecule has 0 aliphatic heterocycles. The van der Waals surface area contributed by atoms with E-state index < -0.39 is 11.7 Å². The quantitative estimate of drug-likeness (QED) is 0.894. The number of nitrogens with zero attached hydrogens (tertiary/aromatic N) is 1. The molecule has 2 rings (SSSR count). The van der Waals surface area contributed by atoms with Crippen molar-refractivity contribution in [1.29, 1.82) is 5.26 Å². The van der Waals surface area contributed by atoms with Crippen molar-refractivity contribution in [2.24, 2.45) is 5.92 Å². The van der Waals surface area contributed by atoms with Crippen molar-refractivity contribution < 1.29 is 18.3 Å². The van der Waals surface area contributed by atoms with Crippen molar-refractivity contribution in [2.45, 2.75) is 37.9 Å². The van der Waals surface area contributed by atoms with E-state index in [1.54, 1.807) is 0 Å². The van der Waals surface area contributed by atoms with Crippen LogP contribution < -0.4 is 5.32 Å². The first kappa shape index (κ1) is 15.6. The van der Waals surface area contributed by atoms with Gasteiger partial charge in [0.25, 0.3) is 0 Å². The molecule has 3 nitrogen and oxygen atoms in total. The van der Waals surface area contributed by atoms with Crippen LogP contribution in [0.15, 0.2) is 18.2 Å². The van der Waals surface area contributed by atoms with Gasteiger partial charge < -0.3 is 10.4 Å². The molecule has 1 aliphatic carbocycles. The number of rotatable bonds is 4. The number of aliphatic hydroxyl groups excluding tert-OH is 1. The van der Waals surface area contributed by atoms with Gasteiger partial charge in [0.15, 0.2) is 0 Å². The fourth-order valence-corrected chi connectivity index (χ4v) is 2.92. The summed E-state index contributed by atoms with van der Waals surface area (Å²) >= 11 is 0. The summed E-state index contributed by atoms with van der Waals surface area (Å²) < 4.78 is 39.1. The third-order valence-electron chi connectivity index (χ3n) is 3.95. The lowest BCUT2D eigenvalue weighted by Crippen LogP contribution is -2.26. The van der Waals surface area contributed by atoms with Gasteiger partial charge in [-0.05, 0) is 43.4 Å². The number of hydrogen-bond donors (Lipinski definition) is 2. The molecule has 6 heteroatoms. The summed E-state index contributed by atoms with van der Waals surface area (Å²) in [5.74, 6) is 0.168. The fraction of sp³-hybridized carbons (Fsp3) is 0.533. The van der Waals surface area contributed by atoms with E-state index in [1.165, 1.54) is 12.1 Å². The van der Waals surface area contributed by atoms with Crippen LogP contribution in [-0.2, 0) is 6.18 Å². The molecule has 0 heterocycles. The highest BCUT2D eigenvalue weighted by Crippen LogP contribution is 2.38. The molecule has 1 aromatic rings. The molecule has 0 saturated heterocycles. The lowest BCUT2D eigenvalue weighted by Gasteiger charge is -2.24. The lowest BCUT2D eigenvalue weighted by molar-refractivity contribution is -0.137. The van der Waals surface area contributed by atoms with Crippen LogP contribution in [0.1, 0.15) is 36.8 Å². The SMILES string of the molecule is N#Cc1ccc(C(F)(F)F)c(NC2CCCC2CCO)c1. The zero-order chi connectivity index (χ0) is 15.5. The van der Waals surface area contributed by atoms with Gasteiger partial charge in [-0.15, -0.1) is 0 Å². The standard InChI is InChI=1S/C15H17F3N2O/c16-15(17,18)12-5-4-10(9-19)8-14(12)20-13-3-1-2-11(13)6-7-21/h4-5,8,11,13,20-21H,1-3,6-7H2. The van der Waals surface area contributed by atoms with E-state index in [9.17, 15) is 13.2 Å². The Kier molecular flexibility index (Phi) is 4.73. The van der Waals surface area contributed by atoms with Gasteiger partial charge in [0, 0.05) is 18.3 Å². The Balaban J connectivity index is 2.27. The number of alkyl halides is 3. The van der Waals surface area contributed by atoms with Gasteiger partial charge in [-0.3, -0.25) is 0 Å². The van der Waals surface area contributed by atoms with E-state index in [1.807, 2.05) is 6.07 Å². The second-order valence-electron chi connectivity index (χ2n) is 5.32.